The molecule has 2 aromatic rings. The molecule has 1 N–H and O–H groups in total. The fourth-order valence-corrected chi connectivity index (χ4v) is 3.79. The van der Waals surface area contributed by atoms with Gasteiger partial charge in [-0.2, -0.15) is 0 Å². The van der Waals surface area contributed by atoms with Crippen molar-refractivity contribution in [1.29, 1.82) is 0 Å². The second-order valence-electron chi connectivity index (χ2n) is 5.61. The highest BCUT2D eigenvalue weighted by molar-refractivity contribution is 7.18. The number of fused-ring (bicyclic) bond motifs is 1. The van der Waals surface area contributed by atoms with Crippen molar-refractivity contribution in [1.82, 2.24) is 9.88 Å². The van der Waals surface area contributed by atoms with Gasteiger partial charge >= 0.3 is 0 Å². The molecule has 112 valence electrons. The second-order valence-corrected chi connectivity index (χ2v) is 6.72. The number of hydrogen-bond acceptors (Lipinski definition) is 4. The van der Waals surface area contributed by atoms with E-state index in [0.717, 1.165) is 42.9 Å². The molecule has 3 rings (SSSR count). The minimum Gasteiger partial charge on any atom is -0.396 e. The number of carbonyl (C=O) groups excluding carboxylic acids is 1. The van der Waals surface area contributed by atoms with Crippen molar-refractivity contribution in [3.63, 3.8) is 0 Å². The number of carbonyl (C=O) groups is 1. The zero-order valence-corrected chi connectivity index (χ0v) is 12.8. The summed E-state index contributed by atoms with van der Waals surface area (Å²) in [5.74, 6) is 0.491. The van der Waals surface area contributed by atoms with E-state index in [1.807, 2.05) is 23.1 Å². The number of aromatic nitrogens is 1. The molecule has 1 amide bonds. The first-order valence-corrected chi connectivity index (χ1v) is 8.31. The maximum Gasteiger partial charge on any atom is 0.222 e. The van der Waals surface area contributed by atoms with Gasteiger partial charge in [0.25, 0.3) is 0 Å². The molecule has 4 nitrogen and oxygen atoms in total. The molecule has 0 radical (unpaired) electrons. The summed E-state index contributed by atoms with van der Waals surface area (Å²) >= 11 is 1.72. The summed E-state index contributed by atoms with van der Waals surface area (Å²) in [5, 5.41) is 10.2. The smallest absolute Gasteiger partial charge is 0.222 e. The van der Waals surface area contributed by atoms with Gasteiger partial charge in [0.15, 0.2) is 0 Å². The Bertz CT molecular complexity index is 593. The van der Waals surface area contributed by atoms with E-state index in [2.05, 4.69) is 11.1 Å². The highest BCUT2D eigenvalue weighted by Gasteiger charge is 2.25. The topological polar surface area (TPSA) is 53.4 Å². The van der Waals surface area contributed by atoms with Crippen LogP contribution in [0.25, 0.3) is 10.2 Å². The molecule has 0 bridgehead atoms. The lowest BCUT2D eigenvalue weighted by atomic mass is 10.1. The Labute approximate surface area is 128 Å². The molecule has 1 aromatic carbocycles. The van der Waals surface area contributed by atoms with Gasteiger partial charge in [0.2, 0.25) is 5.91 Å². The first-order valence-electron chi connectivity index (χ1n) is 7.49. The van der Waals surface area contributed by atoms with E-state index in [0.29, 0.717) is 6.42 Å². The maximum absolute atomic E-state index is 12.1. The van der Waals surface area contributed by atoms with Crippen LogP contribution in [0.2, 0.25) is 0 Å². The van der Waals surface area contributed by atoms with E-state index in [-0.39, 0.29) is 18.4 Å². The Morgan fingerprint density at radius 1 is 1.43 bits per heavy atom. The Hall–Kier alpha value is -1.46. The standard InChI is InChI=1S/C16H20N2O2S/c19-11-12-8-9-18(10-12)16(20)7-3-6-15-17-13-4-1-2-5-14(13)21-15/h1-2,4-5,12,19H,3,6-11H2. The number of aryl methyl sites for hydroxylation is 1. The molecule has 1 aliphatic rings. The average Bonchev–Trinajstić information content (AvgIpc) is 3.13. The molecule has 0 spiro atoms. The van der Waals surface area contributed by atoms with Crippen molar-refractivity contribution in [2.24, 2.45) is 5.92 Å². The number of rotatable bonds is 5. The van der Waals surface area contributed by atoms with E-state index in [1.165, 1.54) is 4.70 Å². The summed E-state index contributed by atoms with van der Waals surface area (Å²) in [7, 11) is 0. The number of thiazole rings is 1. The Balaban J connectivity index is 1.48. The van der Waals surface area contributed by atoms with Gasteiger partial charge in [0, 0.05) is 32.0 Å². The van der Waals surface area contributed by atoms with E-state index >= 15 is 0 Å². The van der Waals surface area contributed by atoms with Gasteiger partial charge in [-0.1, -0.05) is 12.1 Å². The molecule has 0 aliphatic carbocycles. The Morgan fingerprint density at radius 2 is 2.29 bits per heavy atom. The van der Waals surface area contributed by atoms with E-state index in [4.69, 9.17) is 5.11 Å². The normalized spacial score (nSPS) is 18.5. The fourth-order valence-electron chi connectivity index (χ4n) is 2.78. The summed E-state index contributed by atoms with van der Waals surface area (Å²) in [6, 6.07) is 8.14. The molecular weight excluding hydrogens is 284 g/mol. The molecule has 0 saturated carbocycles. The van der Waals surface area contributed by atoms with Crippen LogP contribution >= 0.6 is 11.3 Å². The highest BCUT2D eigenvalue weighted by Crippen LogP contribution is 2.23. The third-order valence-electron chi connectivity index (χ3n) is 4.02. The molecule has 1 fully saturated rings. The van der Waals surface area contributed by atoms with Crippen LogP contribution in [0.1, 0.15) is 24.3 Å². The van der Waals surface area contributed by atoms with Crippen LogP contribution in [-0.2, 0) is 11.2 Å². The summed E-state index contributed by atoms with van der Waals surface area (Å²) < 4.78 is 1.21. The monoisotopic (exact) mass is 304 g/mol. The number of aliphatic hydroxyl groups is 1. The van der Waals surface area contributed by atoms with Gasteiger partial charge in [-0.25, -0.2) is 4.98 Å². The molecule has 2 heterocycles. The van der Waals surface area contributed by atoms with Crippen molar-refractivity contribution in [3.05, 3.63) is 29.3 Å². The minimum absolute atomic E-state index is 0.190. The number of benzene rings is 1. The third-order valence-corrected chi connectivity index (χ3v) is 5.11. The van der Waals surface area contributed by atoms with E-state index in [1.54, 1.807) is 11.3 Å². The van der Waals surface area contributed by atoms with Crippen LogP contribution in [0, 0.1) is 5.92 Å². The number of nitrogens with zero attached hydrogens (tertiary/aromatic N) is 2. The quantitative estimate of drug-likeness (QED) is 0.923. The molecule has 1 saturated heterocycles. The zero-order chi connectivity index (χ0) is 14.7. The van der Waals surface area contributed by atoms with Crippen LogP contribution in [0.5, 0.6) is 0 Å². The number of aliphatic hydroxyl groups excluding tert-OH is 1. The Kier molecular flexibility index (Phi) is 4.51. The maximum atomic E-state index is 12.1. The van der Waals surface area contributed by atoms with Crippen LogP contribution in [-0.4, -0.2) is 40.6 Å². The SMILES string of the molecule is O=C(CCCc1nc2ccccc2s1)N1CCC(CO)C1. The predicted octanol–water partition coefficient (Wildman–Crippen LogP) is 2.46. The fraction of sp³-hybridized carbons (Fsp3) is 0.500. The summed E-state index contributed by atoms with van der Waals surface area (Å²) in [6.45, 7) is 1.71. The lowest BCUT2D eigenvalue weighted by Crippen LogP contribution is -2.28. The third kappa shape index (κ3) is 3.41. The number of likely N-dealkylation sites (tertiary alicyclic amines) is 1. The van der Waals surface area contributed by atoms with Gasteiger partial charge in [-0.15, -0.1) is 11.3 Å². The largest absolute Gasteiger partial charge is 0.396 e. The van der Waals surface area contributed by atoms with Gasteiger partial charge in [0.1, 0.15) is 0 Å². The summed E-state index contributed by atoms with van der Waals surface area (Å²) in [4.78, 5) is 18.6. The van der Waals surface area contributed by atoms with Crippen molar-refractivity contribution in [2.75, 3.05) is 19.7 Å². The first kappa shape index (κ1) is 14.5. The van der Waals surface area contributed by atoms with Crippen LogP contribution in [0.15, 0.2) is 24.3 Å². The van der Waals surface area contributed by atoms with Crippen molar-refractivity contribution >= 4 is 27.5 Å². The van der Waals surface area contributed by atoms with Crippen molar-refractivity contribution in [2.45, 2.75) is 25.7 Å². The lowest BCUT2D eigenvalue weighted by molar-refractivity contribution is -0.130. The second kappa shape index (κ2) is 6.54. The summed E-state index contributed by atoms with van der Waals surface area (Å²) in [5.41, 5.74) is 1.05. The van der Waals surface area contributed by atoms with Gasteiger partial charge in [-0.05, 0) is 31.4 Å². The van der Waals surface area contributed by atoms with Gasteiger partial charge in [-0.3, -0.25) is 4.79 Å². The molecule has 5 heteroatoms. The average molecular weight is 304 g/mol. The molecule has 1 atom stereocenters. The number of para-hydroxylation sites is 1. The number of hydrogen-bond donors (Lipinski definition) is 1. The van der Waals surface area contributed by atoms with Crippen molar-refractivity contribution < 1.29 is 9.90 Å². The van der Waals surface area contributed by atoms with Crippen LogP contribution in [0.4, 0.5) is 0 Å². The lowest BCUT2D eigenvalue weighted by Gasteiger charge is -2.15. The predicted molar refractivity (Wildman–Crippen MR) is 84.3 cm³/mol. The van der Waals surface area contributed by atoms with Gasteiger partial charge < -0.3 is 10.0 Å². The van der Waals surface area contributed by atoms with E-state index < -0.39 is 0 Å². The number of amides is 1. The molecule has 1 unspecified atom stereocenters. The van der Waals surface area contributed by atoms with E-state index in [9.17, 15) is 4.79 Å². The summed E-state index contributed by atoms with van der Waals surface area (Å²) in [6.07, 6.45) is 3.22. The zero-order valence-electron chi connectivity index (χ0n) is 12.0. The molecule has 1 aliphatic heterocycles. The molecule has 1 aromatic heterocycles. The molecule has 21 heavy (non-hydrogen) atoms. The van der Waals surface area contributed by atoms with Crippen LogP contribution < -0.4 is 0 Å². The first-order chi connectivity index (χ1) is 10.3. The Morgan fingerprint density at radius 3 is 3.05 bits per heavy atom. The minimum atomic E-state index is 0.190. The van der Waals surface area contributed by atoms with Gasteiger partial charge in [0.05, 0.1) is 15.2 Å². The highest BCUT2D eigenvalue weighted by atomic mass is 32.1. The van der Waals surface area contributed by atoms with Crippen molar-refractivity contribution in [3.8, 4) is 0 Å². The molecular formula is C16H20N2O2S. The van der Waals surface area contributed by atoms with Crippen LogP contribution in [0.3, 0.4) is 0 Å².